The van der Waals surface area contributed by atoms with Crippen LogP contribution in [0.2, 0.25) is 5.02 Å². The molecule has 0 saturated carbocycles. The van der Waals surface area contributed by atoms with Crippen LogP contribution in [0.15, 0.2) is 41.5 Å². The van der Waals surface area contributed by atoms with E-state index in [1.165, 1.54) is 18.2 Å². The van der Waals surface area contributed by atoms with Crippen molar-refractivity contribution in [2.45, 2.75) is 32.3 Å². The van der Waals surface area contributed by atoms with Crippen molar-refractivity contribution in [1.29, 1.82) is 0 Å². The first kappa shape index (κ1) is 19.2. The quantitative estimate of drug-likeness (QED) is 0.635. The zero-order valence-corrected chi connectivity index (χ0v) is 16.0. The maximum atomic E-state index is 13.7. The van der Waals surface area contributed by atoms with E-state index in [4.69, 9.17) is 21.1 Å². The molecule has 1 N–H and O–H groups in total. The van der Waals surface area contributed by atoms with Gasteiger partial charge in [-0.1, -0.05) is 44.5 Å². The Bertz CT molecular complexity index is 873. The number of hydrogen-bond acceptors (Lipinski definition) is 4. The topological polar surface area (TPSA) is 59.9 Å². The molecule has 27 heavy (non-hydrogen) atoms. The van der Waals surface area contributed by atoms with Gasteiger partial charge in [-0.3, -0.25) is 4.79 Å². The van der Waals surface area contributed by atoms with Crippen molar-refractivity contribution in [3.8, 4) is 11.5 Å². The number of nitrogens with zero attached hydrogens (tertiary/aromatic N) is 1. The van der Waals surface area contributed by atoms with Crippen LogP contribution < -0.4 is 14.9 Å². The summed E-state index contributed by atoms with van der Waals surface area (Å²) in [5.74, 6) is 0.0792. The summed E-state index contributed by atoms with van der Waals surface area (Å²) >= 11 is 5.91. The van der Waals surface area contributed by atoms with Crippen LogP contribution in [0.4, 0.5) is 4.39 Å². The van der Waals surface area contributed by atoms with E-state index in [1.807, 2.05) is 18.2 Å². The van der Waals surface area contributed by atoms with Crippen molar-refractivity contribution in [3.63, 3.8) is 0 Å². The van der Waals surface area contributed by atoms with E-state index in [-0.39, 0.29) is 22.6 Å². The van der Waals surface area contributed by atoms with Crippen molar-refractivity contribution in [1.82, 2.24) is 5.43 Å². The van der Waals surface area contributed by atoms with Gasteiger partial charge in [0.15, 0.2) is 11.5 Å². The van der Waals surface area contributed by atoms with Gasteiger partial charge in [-0.05, 0) is 35.2 Å². The van der Waals surface area contributed by atoms with E-state index in [1.54, 1.807) is 0 Å². The fraction of sp³-hybridized carbons (Fsp3) is 0.300. The number of rotatable bonds is 3. The molecule has 2 aromatic carbocycles. The molecule has 7 heteroatoms. The van der Waals surface area contributed by atoms with Crippen molar-refractivity contribution in [2.75, 3.05) is 6.61 Å². The third-order valence-electron chi connectivity index (χ3n) is 4.13. The van der Waals surface area contributed by atoms with Crippen LogP contribution in [0.3, 0.4) is 0 Å². The SMILES string of the molecule is CC(C)(C)c1ccc2c(c1)OC(C(=O)N/N=C\c1c(F)cccc1Cl)CO2. The monoisotopic (exact) mass is 390 g/mol. The zero-order valence-electron chi connectivity index (χ0n) is 15.3. The predicted molar refractivity (Wildman–Crippen MR) is 102 cm³/mol. The third kappa shape index (κ3) is 4.39. The second kappa shape index (κ2) is 7.56. The van der Waals surface area contributed by atoms with Crippen molar-refractivity contribution < 1.29 is 18.7 Å². The Hall–Kier alpha value is -2.60. The van der Waals surface area contributed by atoms with E-state index in [0.717, 1.165) is 11.8 Å². The molecule has 1 heterocycles. The minimum atomic E-state index is -0.860. The summed E-state index contributed by atoms with van der Waals surface area (Å²) in [4.78, 5) is 12.3. The minimum absolute atomic E-state index is 0.0586. The molecule has 0 fully saturated rings. The molecule has 5 nitrogen and oxygen atoms in total. The van der Waals surface area contributed by atoms with Gasteiger partial charge in [0.05, 0.1) is 11.2 Å². The molecule has 0 bridgehead atoms. The highest BCUT2D eigenvalue weighted by atomic mass is 35.5. The van der Waals surface area contributed by atoms with Gasteiger partial charge in [-0.2, -0.15) is 5.10 Å². The number of fused-ring (bicyclic) bond motifs is 1. The highest BCUT2D eigenvalue weighted by molar-refractivity contribution is 6.33. The summed E-state index contributed by atoms with van der Waals surface area (Å²) in [7, 11) is 0. The summed E-state index contributed by atoms with van der Waals surface area (Å²) in [6.07, 6.45) is 0.297. The lowest BCUT2D eigenvalue weighted by atomic mass is 9.87. The highest BCUT2D eigenvalue weighted by Crippen LogP contribution is 2.36. The predicted octanol–water partition coefficient (Wildman–Crippen LogP) is 4.07. The second-order valence-corrected chi connectivity index (χ2v) is 7.61. The van der Waals surface area contributed by atoms with Crippen LogP contribution in [-0.2, 0) is 10.2 Å². The fourth-order valence-corrected chi connectivity index (χ4v) is 2.75. The van der Waals surface area contributed by atoms with Gasteiger partial charge in [0.1, 0.15) is 12.4 Å². The molecule has 1 aliphatic heterocycles. The van der Waals surface area contributed by atoms with Gasteiger partial charge >= 0.3 is 0 Å². The molecule has 0 radical (unpaired) electrons. The molecule has 1 aliphatic rings. The third-order valence-corrected chi connectivity index (χ3v) is 4.46. The number of carbonyl (C=O) groups is 1. The van der Waals surface area contributed by atoms with E-state index in [9.17, 15) is 9.18 Å². The fourth-order valence-electron chi connectivity index (χ4n) is 2.53. The second-order valence-electron chi connectivity index (χ2n) is 7.20. The molecule has 142 valence electrons. The van der Waals surface area contributed by atoms with Crippen LogP contribution in [0, 0.1) is 5.82 Å². The number of hydrogen-bond donors (Lipinski definition) is 1. The maximum Gasteiger partial charge on any atom is 0.284 e. The van der Waals surface area contributed by atoms with Crippen LogP contribution in [0.1, 0.15) is 31.9 Å². The molecular formula is C20H20ClFN2O3. The summed E-state index contributed by atoms with van der Waals surface area (Å²) in [6.45, 7) is 6.32. The first-order valence-electron chi connectivity index (χ1n) is 8.46. The number of hydrazone groups is 1. The Morgan fingerprint density at radius 2 is 2.07 bits per heavy atom. The van der Waals surface area contributed by atoms with Gasteiger partial charge < -0.3 is 9.47 Å². The molecule has 0 spiro atoms. The Morgan fingerprint density at radius 1 is 1.30 bits per heavy atom. The van der Waals surface area contributed by atoms with E-state index < -0.39 is 17.8 Å². The van der Waals surface area contributed by atoms with Crippen LogP contribution in [0.25, 0.3) is 0 Å². The van der Waals surface area contributed by atoms with Gasteiger partial charge in [0.2, 0.25) is 6.10 Å². The van der Waals surface area contributed by atoms with Gasteiger partial charge in [-0.15, -0.1) is 0 Å². The molecule has 2 aromatic rings. The number of amides is 1. The van der Waals surface area contributed by atoms with Crippen LogP contribution in [0.5, 0.6) is 11.5 Å². The lowest BCUT2D eigenvalue weighted by molar-refractivity contribution is -0.130. The Labute approximate surface area is 162 Å². The Kier molecular flexibility index (Phi) is 5.37. The molecule has 0 aromatic heterocycles. The summed E-state index contributed by atoms with van der Waals surface area (Å²) in [5, 5.41) is 3.97. The van der Waals surface area contributed by atoms with Gasteiger partial charge in [0, 0.05) is 5.56 Å². The summed E-state index contributed by atoms with van der Waals surface area (Å²) in [6, 6.07) is 9.97. The summed E-state index contributed by atoms with van der Waals surface area (Å²) in [5.41, 5.74) is 3.44. The van der Waals surface area contributed by atoms with Crippen LogP contribution in [-0.4, -0.2) is 24.8 Å². The molecule has 1 unspecified atom stereocenters. The van der Waals surface area contributed by atoms with Gasteiger partial charge in [-0.25, -0.2) is 9.82 Å². The lowest BCUT2D eigenvalue weighted by Gasteiger charge is -2.27. The normalized spacial score (nSPS) is 16.4. The molecule has 1 amide bonds. The number of carbonyl (C=O) groups excluding carboxylic acids is 1. The molecule has 3 rings (SSSR count). The average molecular weight is 391 g/mol. The smallest absolute Gasteiger partial charge is 0.284 e. The number of benzene rings is 2. The molecule has 0 saturated heterocycles. The van der Waals surface area contributed by atoms with Crippen LogP contribution >= 0.6 is 11.6 Å². The number of halogens is 2. The Balaban J connectivity index is 1.68. The largest absolute Gasteiger partial charge is 0.485 e. The molecule has 0 aliphatic carbocycles. The van der Waals surface area contributed by atoms with Gasteiger partial charge in [0.25, 0.3) is 5.91 Å². The minimum Gasteiger partial charge on any atom is -0.485 e. The molecule has 1 atom stereocenters. The first-order valence-corrected chi connectivity index (χ1v) is 8.84. The highest BCUT2D eigenvalue weighted by Gasteiger charge is 2.28. The lowest BCUT2D eigenvalue weighted by Crippen LogP contribution is -2.42. The zero-order chi connectivity index (χ0) is 19.6. The summed E-state index contributed by atoms with van der Waals surface area (Å²) < 4.78 is 25.1. The number of ether oxygens (including phenoxy) is 2. The van der Waals surface area contributed by atoms with E-state index in [0.29, 0.717) is 11.5 Å². The average Bonchev–Trinajstić information content (AvgIpc) is 2.62. The molecular weight excluding hydrogens is 371 g/mol. The first-order chi connectivity index (χ1) is 12.8. The van der Waals surface area contributed by atoms with Crippen molar-refractivity contribution in [2.24, 2.45) is 5.10 Å². The standard InChI is InChI=1S/C20H20ClFN2O3/c1-20(2,3)12-7-8-16-17(9-12)27-18(11-26-16)19(25)24-23-10-13-14(21)5-4-6-15(13)22/h4-10,18H,11H2,1-3H3,(H,24,25)/b23-10-. The van der Waals surface area contributed by atoms with E-state index >= 15 is 0 Å². The number of nitrogens with one attached hydrogen (secondary N) is 1. The Morgan fingerprint density at radius 3 is 2.78 bits per heavy atom. The maximum absolute atomic E-state index is 13.7. The van der Waals surface area contributed by atoms with Crippen molar-refractivity contribution in [3.05, 3.63) is 58.4 Å². The van der Waals surface area contributed by atoms with E-state index in [2.05, 4.69) is 31.3 Å². The van der Waals surface area contributed by atoms with Crippen molar-refractivity contribution >= 4 is 23.7 Å².